The van der Waals surface area contributed by atoms with Crippen molar-refractivity contribution in [2.75, 3.05) is 26.2 Å². The molecule has 0 atom stereocenters. The zero-order chi connectivity index (χ0) is 21.6. The first-order chi connectivity index (χ1) is 15.1. The Morgan fingerprint density at radius 1 is 1.23 bits per heavy atom. The number of amides is 1. The summed E-state index contributed by atoms with van der Waals surface area (Å²) in [5.74, 6) is 1.16. The van der Waals surface area contributed by atoms with Gasteiger partial charge in [0.2, 0.25) is 0 Å². The van der Waals surface area contributed by atoms with Gasteiger partial charge in [-0.25, -0.2) is 4.98 Å². The number of ether oxygens (including phenoxy) is 1. The van der Waals surface area contributed by atoms with Crippen molar-refractivity contribution in [2.24, 2.45) is 0 Å². The zero-order valence-corrected chi connectivity index (χ0v) is 19.0. The molecule has 3 aromatic rings. The maximum atomic E-state index is 13.0. The average molecular weight is 440 g/mol. The molecule has 1 aliphatic rings. The Morgan fingerprint density at radius 2 is 2.06 bits per heavy atom. The maximum Gasteiger partial charge on any atom is 0.289 e. The fraction of sp³-hybridized carbons (Fsp3) is 0.417. The molecule has 6 nitrogen and oxygen atoms in total. The van der Waals surface area contributed by atoms with Crippen LogP contribution in [-0.4, -0.2) is 46.9 Å². The Bertz CT molecular complexity index is 993. The summed E-state index contributed by atoms with van der Waals surface area (Å²) in [4.78, 5) is 21.9. The number of carbonyl (C=O) groups is 1. The smallest absolute Gasteiger partial charge is 0.289 e. The van der Waals surface area contributed by atoms with Crippen LogP contribution in [0.2, 0.25) is 0 Å². The molecule has 1 saturated heterocycles. The van der Waals surface area contributed by atoms with E-state index in [0.717, 1.165) is 41.6 Å². The van der Waals surface area contributed by atoms with E-state index in [1.807, 2.05) is 22.4 Å². The number of benzene rings is 1. The number of hydrogen-bond acceptors (Lipinski definition) is 6. The molecule has 0 bridgehead atoms. The highest BCUT2D eigenvalue weighted by molar-refractivity contribution is 7.09. The summed E-state index contributed by atoms with van der Waals surface area (Å²) in [7, 11) is 0. The van der Waals surface area contributed by atoms with E-state index in [2.05, 4.69) is 24.8 Å². The topological polar surface area (TPSA) is 58.8 Å². The number of furan rings is 1. The molecule has 1 amide bonds. The summed E-state index contributed by atoms with van der Waals surface area (Å²) in [5.41, 5.74) is 3.24. The van der Waals surface area contributed by atoms with Gasteiger partial charge in [-0.05, 0) is 69.1 Å². The lowest BCUT2D eigenvalue weighted by molar-refractivity contribution is 0.0693. The van der Waals surface area contributed by atoms with E-state index in [1.165, 1.54) is 24.7 Å². The summed E-state index contributed by atoms with van der Waals surface area (Å²) in [6.45, 7) is 8.79. The lowest BCUT2D eigenvalue weighted by Gasteiger charge is -2.24. The Morgan fingerprint density at radius 3 is 2.84 bits per heavy atom. The first-order valence-corrected chi connectivity index (χ1v) is 11.7. The molecular weight excluding hydrogens is 410 g/mol. The third-order valence-electron chi connectivity index (χ3n) is 5.76. The first kappa shape index (κ1) is 21.6. The molecule has 3 heterocycles. The van der Waals surface area contributed by atoms with Crippen molar-refractivity contribution in [3.8, 4) is 5.75 Å². The second-order valence-corrected chi connectivity index (χ2v) is 8.91. The molecule has 0 N–H and O–H groups in total. The monoisotopic (exact) mass is 439 g/mol. The van der Waals surface area contributed by atoms with Gasteiger partial charge >= 0.3 is 0 Å². The number of likely N-dealkylation sites (tertiary alicyclic amines) is 1. The van der Waals surface area contributed by atoms with Gasteiger partial charge < -0.3 is 19.0 Å². The maximum absolute atomic E-state index is 13.0. The number of nitrogens with zero attached hydrogens (tertiary/aromatic N) is 3. The van der Waals surface area contributed by atoms with Crippen LogP contribution in [0, 0.1) is 13.8 Å². The minimum absolute atomic E-state index is 0.0922. The molecule has 1 aliphatic heterocycles. The van der Waals surface area contributed by atoms with E-state index < -0.39 is 0 Å². The molecule has 0 saturated carbocycles. The van der Waals surface area contributed by atoms with Crippen LogP contribution in [0.15, 0.2) is 46.4 Å². The van der Waals surface area contributed by atoms with Crippen molar-refractivity contribution < 1.29 is 13.9 Å². The van der Waals surface area contributed by atoms with Gasteiger partial charge in [-0.15, -0.1) is 11.3 Å². The molecule has 164 valence electrons. The van der Waals surface area contributed by atoms with Crippen LogP contribution in [0.1, 0.15) is 45.2 Å². The molecule has 31 heavy (non-hydrogen) atoms. The molecule has 4 rings (SSSR count). The largest absolute Gasteiger partial charge is 0.486 e. The average Bonchev–Trinajstić information content (AvgIpc) is 3.54. The van der Waals surface area contributed by atoms with Gasteiger partial charge in [-0.2, -0.15) is 0 Å². The number of carbonyl (C=O) groups excluding carboxylic acids is 1. The summed E-state index contributed by atoms with van der Waals surface area (Å²) >= 11 is 1.57. The Labute approximate surface area is 187 Å². The number of aryl methyl sites for hydroxylation is 1. The van der Waals surface area contributed by atoms with Gasteiger partial charge in [0.15, 0.2) is 5.76 Å². The van der Waals surface area contributed by atoms with E-state index in [0.29, 0.717) is 25.5 Å². The van der Waals surface area contributed by atoms with Crippen LogP contribution >= 0.6 is 11.3 Å². The normalized spacial score (nSPS) is 14.1. The molecule has 0 unspecified atom stereocenters. The molecule has 1 fully saturated rings. The van der Waals surface area contributed by atoms with Gasteiger partial charge in [-0.1, -0.05) is 12.1 Å². The molecule has 1 aromatic carbocycles. The lowest BCUT2D eigenvalue weighted by atomic mass is 10.1. The molecule has 0 radical (unpaired) electrons. The summed E-state index contributed by atoms with van der Waals surface area (Å²) in [5, 5.41) is 2.92. The number of aromatic nitrogens is 1. The van der Waals surface area contributed by atoms with E-state index in [9.17, 15) is 4.79 Å². The van der Waals surface area contributed by atoms with Crippen molar-refractivity contribution in [1.29, 1.82) is 0 Å². The summed E-state index contributed by atoms with van der Waals surface area (Å²) in [6, 6.07) is 9.53. The summed E-state index contributed by atoms with van der Waals surface area (Å²) in [6.07, 6.45) is 4.02. The number of hydrogen-bond donors (Lipinski definition) is 0. The zero-order valence-electron chi connectivity index (χ0n) is 18.2. The third-order valence-corrected chi connectivity index (χ3v) is 6.63. The highest BCUT2D eigenvalue weighted by Crippen LogP contribution is 2.23. The van der Waals surface area contributed by atoms with Crippen molar-refractivity contribution in [3.05, 3.63) is 69.6 Å². The van der Waals surface area contributed by atoms with Crippen molar-refractivity contribution in [2.45, 2.75) is 39.8 Å². The number of thiazole rings is 1. The minimum atomic E-state index is -0.0922. The second kappa shape index (κ2) is 10.1. The predicted molar refractivity (Wildman–Crippen MR) is 121 cm³/mol. The number of rotatable bonds is 9. The minimum Gasteiger partial charge on any atom is -0.486 e. The fourth-order valence-electron chi connectivity index (χ4n) is 3.78. The first-order valence-electron chi connectivity index (χ1n) is 10.8. The van der Waals surface area contributed by atoms with Gasteiger partial charge in [0, 0.05) is 18.5 Å². The Balaban J connectivity index is 1.39. The molecular formula is C24H29N3O3S. The Hall–Kier alpha value is -2.64. The van der Waals surface area contributed by atoms with E-state index in [4.69, 9.17) is 14.1 Å². The van der Waals surface area contributed by atoms with Gasteiger partial charge in [0.1, 0.15) is 17.4 Å². The molecule has 2 aromatic heterocycles. The highest BCUT2D eigenvalue weighted by Gasteiger charge is 2.21. The van der Waals surface area contributed by atoms with E-state index in [-0.39, 0.29) is 5.91 Å². The van der Waals surface area contributed by atoms with Crippen molar-refractivity contribution in [1.82, 2.24) is 14.8 Å². The van der Waals surface area contributed by atoms with Gasteiger partial charge in [0.25, 0.3) is 5.91 Å². The molecule has 7 heteroatoms. The second-order valence-electron chi connectivity index (χ2n) is 7.97. The SMILES string of the molecule is Cc1cccc(OCc2nc(CN(CCN3CCCC3)C(=O)c3ccco3)cs2)c1C. The van der Waals surface area contributed by atoms with Crippen LogP contribution in [0.5, 0.6) is 5.75 Å². The highest BCUT2D eigenvalue weighted by atomic mass is 32.1. The van der Waals surface area contributed by atoms with Crippen LogP contribution in [0.4, 0.5) is 0 Å². The van der Waals surface area contributed by atoms with Gasteiger partial charge in [0.05, 0.1) is 18.5 Å². The van der Waals surface area contributed by atoms with Crippen LogP contribution in [0.25, 0.3) is 0 Å². The lowest BCUT2D eigenvalue weighted by Crippen LogP contribution is -2.37. The van der Waals surface area contributed by atoms with Crippen molar-refractivity contribution in [3.63, 3.8) is 0 Å². The molecule has 0 aliphatic carbocycles. The van der Waals surface area contributed by atoms with Gasteiger partial charge in [-0.3, -0.25) is 4.79 Å². The standard InChI is InChI=1S/C24H29N3O3S/c1-18-7-5-8-21(19(18)2)30-16-23-25-20(17-31-23)15-27(13-12-26-10-3-4-11-26)24(28)22-9-6-14-29-22/h5-9,14,17H,3-4,10-13,15-16H2,1-2H3. The predicted octanol–water partition coefficient (Wildman–Crippen LogP) is 4.67. The van der Waals surface area contributed by atoms with E-state index >= 15 is 0 Å². The summed E-state index contributed by atoms with van der Waals surface area (Å²) < 4.78 is 11.3. The fourth-order valence-corrected chi connectivity index (χ4v) is 4.48. The Kier molecular flexibility index (Phi) is 7.04. The third kappa shape index (κ3) is 5.54. The van der Waals surface area contributed by atoms with Crippen LogP contribution in [-0.2, 0) is 13.2 Å². The van der Waals surface area contributed by atoms with Crippen molar-refractivity contribution >= 4 is 17.2 Å². The van der Waals surface area contributed by atoms with Crippen LogP contribution < -0.4 is 4.74 Å². The van der Waals surface area contributed by atoms with E-state index in [1.54, 1.807) is 23.5 Å². The molecule has 0 spiro atoms. The quantitative estimate of drug-likeness (QED) is 0.485. The van der Waals surface area contributed by atoms with Crippen LogP contribution in [0.3, 0.4) is 0 Å².